The zero-order chi connectivity index (χ0) is 18.4. The fourth-order valence-corrected chi connectivity index (χ4v) is 1.61. The Balaban J connectivity index is 2.21. The minimum absolute atomic E-state index is 0.00497. The second-order valence-corrected chi connectivity index (χ2v) is 4.39. The van der Waals surface area contributed by atoms with Crippen LogP contribution in [0.2, 0.25) is 0 Å². The average molecular weight is 355 g/mol. The summed E-state index contributed by atoms with van der Waals surface area (Å²) in [5, 5.41) is 35.2. The van der Waals surface area contributed by atoms with E-state index in [-0.39, 0.29) is 17.1 Å². The first-order valence-electron chi connectivity index (χ1n) is 6.39. The number of halogens is 3. The first-order chi connectivity index (χ1) is 11.8. The Hall–Kier alpha value is -3.69. The first kappa shape index (κ1) is 17.7. The number of ether oxygens (including phenoxy) is 1. The van der Waals surface area contributed by atoms with Crippen LogP contribution in [0.1, 0.15) is 5.82 Å². The van der Waals surface area contributed by atoms with E-state index in [4.69, 9.17) is 5.26 Å². The van der Waals surface area contributed by atoms with Crippen LogP contribution in [0.25, 0.3) is 5.57 Å². The highest BCUT2D eigenvalue weighted by molar-refractivity contribution is 5.74. The molecule has 0 bridgehead atoms. The molecule has 2 N–H and O–H groups in total. The maximum Gasteiger partial charge on any atom is 0.422 e. The van der Waals surface area contributed by atoms with Crippen molar-refractivity contribution in [2.45, 2.75) is 6.18 Å². The van der Waals surface area contributed by atoms with Gasteiger partial charge in [-0.05, 0) is 17.3 Å². The summed E-state index contributed by atoms with van der Waals surface area (Å²) in [4.78, 5) is 10.1. The van der Waals surface area contributed by atoms with Crippen molar-refractivity contribution in [1.82, 2.24) is 20.6 Å². The summed E-state index contributed by atoms with van der Waals surface area (Å²) < 4.78 is 40.9. The van der Waals surface area contributed by atoms with Crippen molar-refractivity contribution in [2.24, 2.45) is 0 Å². The van der Waals surface area contributed by atoms with Gasteiger partial charge in [0.2, 0.25) is 5.82 Å². The second-order valence-electron chi connectivity index (χ2n) is 4.39. The van der Waals surface area contributed by atoms with E-state index >= 15 is 0 Å². The van der Waals surface area contributed by atoms with E-state index in [1.54, 1.807) is 6.07 Å². The number of H-pyrrole nitrogens is 1. The van der Waals surface area contributed by atoms with E-state index in [0.29, 0.717) is 0 Å². The summed E-state index contributed by atoms with van der Waals surface area (Å²) in [6, 6.07) is 5.02. The molecule has 0 aliphatic carbocycles. The normalized spacial score (nSPS) is 11.7. The molecule has 2 rings (SSSR count). The zero-order valence-corrected chi connectivity index (χ0v) is 12.1. The standard InChI is InChI=1S/C12H8F3N7O3/c13-12(14,15)6-25-10-2-1-8(3-9(10)22(23)24)17-5-7(4-16)11-18-20-21-19-11/h1-3,5,17H,6H2,(H,18,19,20,21). The summed E-state index contributed by atoms with van der Waals surface area (Å²) >= 11 is 0. The van der Waals surface area contributed by atoms with Crippen LogP contribution in [-0.4, -0.2) is 38.3 Å². The van der Waals surface area contributed by atoms with E-state index in [1.165, 1.54) is 12.3 Å². The number of anilines is 1. The van der Waals surface area contributed by atoms with Gasteiger partial charge in [0.1, 0.15) is 11.6 Å². The molecule has 10 nitrogen and oxygen atoms in total. The van der Waals surface area contributed by atoms with Crippen LogP contribution in [0, 0.1) is 21.4 Å². The van der Waals surface area contributed by atoms with E-state index in [2.05, 4.69) is 30.7 Å². The molecule has 0 saturated heterocycles. The number of allylic oxidation sites excluding steroid dienone is 1. The van der Waals surface area contributed by atoms with Gasteiger partial charge in [0, 0.05) is 18.0 Å². The van der Waals surface area contributed by atoms with Gasteiger partial charge < -0.3 is 10.1 Å². The van der Waals surface area contributed by atoms with Crippen LogP contribution in [0.3, 0.4) is 0 Å². The molecule has 0 fully saturated rings. The van der Waals surface area contributed by atoms with E-state index in [0.717, 1.165) is 12.1 Å². The van der Waals surface area contributed by atoms with Gasteiger partial charge in [-0.3, -0.25) is 10.1 Å². The highest BCUT2D eigenvalue weighted by Gasteiger charge is 2.30. The quantitative estimate of drug-likeness (QED) is 0.455. The van der Waals surface area contributed by atoms with Gasteiger partial charge in [0.15, 0.2) is 12.4 Å². The Labute approximate surface area is 137 Å². The molecule has 0 radical (unpaired) electrons. The number of tetrazole rings is 1. The molecule has 1 aromatic heterocycles. The van der Waals surface area contributed by atoms with Crippen LogP contribution in [0.5, 0.6) is 5.75 Å². The number of nitrogens with zero attached hydrogens (tertiary/aromatic N) is 5. The summed E-state index contributed by atoms with van der Waals surface area (Å²) in [5.41, 5.74) is -0.545. The molecule has 13 heteroatoms. The lowest BCUT2D eigenvalue weighted by molar-refractivity contribution is -0.386. The number of rotatable bonds is 6. The molecule has 0 atom stereocenters. The topological polar surface area (TPSA) is 143 Å². The molecule has 0 spiro atoms. The number of nitro groups is 1. The maximum absolute atomic E-state index is 12.2. The number of nitrogens with one attached hydrogen (secondary N) is 2. The molecule has 0 unspecified atom stereocenters. The minimum atomic E-state index is -4.63. The fourth-order valence-electron chi connectivity index (χ4n) is 1.61. The van der Waals surface area contributed by atoms with Gasteiger partial charge in [-0.15, -0.1) is 10.2 Å². The number of benzene rings is 1. The van der Waals surface area contributed by atoms with E-state index < -0.39 is 29.1 Å². The van der Waals surface area contributed by atoms with Crippen molar-refractivity contribution in [1.29, 1.82) is 5.26 Å². The molecule has 0 aliphatic heterocycles. The van der Waals surface area contributed by atoms with E-state index in [1.807, 2.05) is 0 Å². The Morgan fingerprint density at radius 3 is 2.84 bits per heavy atom. The van der Waals surface area contributed by atoms with Crippen molar-refractivity contribution < 1.29 is 22.8 Å². The zero-order valence-electron chi connectivity index (χ0n) is 12.1. The predicted molar refractivity (Wildman–Crippen MR) is 76.0 cm³/mol. The largest absolute Gasteiger partial charge is 0.477 e. The SMILES string of the molecule is N#CC(=CNc1ccc(OCC(F)(F)F)c([N+](=O)[O-])c1)c1nn[nH]n1. The number of hydrogen-bond acceptors (Lipinski definition) is 8. The van der Waals surface area contributed by atoms with Crippen LogP contribution in [0.15, 0.2) is 24.4 Å². The third-order valence-electron chi connectivity index (χ3n) is 2.64. The number of aromatic nitrogens is 4. The van der Waals surface area contributed by atoms with Crippen molar-refractivity contribution in [3.05, 3.63) is 40.3 Å². The van der Waals surface area contributed by atoms with Crippen LogP contribution in [-0.2, 0) is 0 Å². The summed E-state index contributed by atoms with van der Waals surface area (Å²) in [5.74, 6) is -0.537. The van der Waals surface area contributed by atoms with Gasteiger partial charge in [-0.2, -0.15) is 23.6 Å². The summed E-state index contributed by atoms with van der Waals surface area (Å²) in [6.45, 7) is -1.66. The third kappa shape index (κ3) is 4.89. The van der Waals surface area contributed by atoms with Crippen molar-refractivity contribution in [3.8, 4) is 11.8 Å². The smallest absolute Gasteiger partial charge is 0.422 e. The monoisotopic (exact) mass is 355 g/mol. The van der Waals surface area contributed by atoms with Crippen molar-refractivity contribution >= 4 is 16.9 Å². The minimum Gasteiger partial charge on any atom is -0.477 e. The predicted octanol–water partition coefficient (Wildman–Crippen LogP) is 2.03. The number of hydrogen-bond donors (Lipinski definition) is 2. The van der Waals surface area contributed by atoms with Gasteiger partial charge in [-0.1, -0.05) is 0 Å². The Morgan fingerprint density at radius 1 is 1.52 bits per heavy atom. The first-order valence-corrected chi connectivity index (χ1v) is 6.39. The van der Waals surface area contributed by atoms with Crippen molar-refractivity contribution in [3.63, 3.8) is 0 Å². The molecule has 2 aromatic rings. The molecular formula is C12H8F3N7O3. The number of aromatic amines is 1. The Bertz CT molecular complexity index is 827. The van der Waals surface area contributed by atoms with Crippen LogP contribution >= 0.6 is 0 Å². The molecule has 0 saturated carbocycles. The average Bonchev–Trinajstić information content (AvgIpc) is 3.07. The highest BCUT2D eigenvalue weighted by atomic mass is 19.4. The second kappa shape index (κ2) is 7.25. The molecule has 0 aliphatic rings. The molecule has 25 heavy (non-hydrogen) atoms. The lowest BCUT2D eigenvalue weighted by Crippen LogP contribution is -2.19. The molecule has 1 heterocycles. The fraction of sp³-hybridized carbons (Fsp3) is 0.167. The Kier molecular flexibility index (Phi) is 5.12. The maximum atomic E-state index is 12.2. The van der Waals surface area contributed by atoms with Gasteiger partial charge in [0.25, 0.3) is 0 Å². The lowest BCUT2D eigenvalue weighted by Gasteiger charge is -2.10. The summed E-state index contributed by atoms with van der Waals surface area (Å²) in [7, 11) is 0. The van der Waals surface area contributed by atoms with Gasteiger partial charge >= 0.3 is 11.9 Å². The van der Waals surface area contributed by atoms with Gasteiger partial charge in [-0.25, -0.2) is 0 Å². The Morgan fingerprint density at radius 2 is 2.28 bits per heavy atom. The van der Waals surface area contributed by atoms with Crippen LogP contribution in [0.4, 0.5) is 24.5 Å². The highest BCUT2D eigenvalue weighted by Crippen LogP contribution is 2.31. The molecular weight excluding hydrogens is 347 g/mol. The third-order valence-corrected chi connectivity index (χ3v) is 2.64. The number of alkyl halides is 3. The molecule has 0 amide bonds. The summed E-state index contributed by atoms with van der Waals surface area (Å²) in [6.07, 6.45) is -3.46. The molecule has 130 valence electrons. The van der Waals surface area contributed by atoms with Crippen molar-refractivity contribution in [2.75, 3.05) is 11.9 Å². The molecule has 1 aromatic carbocycles. The van der Waals surface area contributed by atoms with Crippen LogP contribution < -0.4 is 10.1 Å². The number of nitriles is 1. The van der Waals surface area contributed by atoms with E-state index in [9.17, 15) is 23.3 Å². The van der Waals surface area contributed by atoms with Gasteiger partial charge in [0.05, 0.1) is 4.92 Å². The lowest BCUT2D eigenvalue weighted by atomic mass is 10.2. The number of nitro benzene ring substituents is 1.